The first kappa shape index (κ1) is 20.8. The Kier molecular flexibility index (Phi) is 5.36. The molecule has 1 aliphatic rings. The number of nitrogens with zero attached hydrogens (tertiary/aromatic N) is 3. The van der Waals surface area contributed by atoms with E-state index in [4.69, 9.17) is 4.99 Å². The molecule has 0 saturated heterocycles. The molecular formula is C26H27FN4. The minimum atomic E-state index is -0.315. The molecule has 3 aromatic rings. The van der Waals surface area contributed by atoms with E-state index in [0.29, 0.717) is 22.8 Å². The minimum absolute atomic E-state index is 0.0748. The van der Waals surface area contributed by atoms with Crippen molar-refractivity contribution in [1.29, 1.82) is 0 Å². The Labute approximate surface area is 183 Å². The van der Waals surface area contributed by atoms with Gasteiger partial charge in [0.25, 0.3) is 0 Å². The SMILES string of the molecule is CN(C)c1ccc(C2=NNC(c3ccc(C(C)(C)C)cc3)=Nc3ccc(F)cc32)cc1. The van der Waals surface area contributed by atoms with E-state index in [9.17, 15) is 4.39 Å². The lowest BCUT2D eigenvalue weighted by atomic mass is 9.86. The summed E-state index contributed by atoms with van der Waals surface area (Å²) in [5.74, 6) is 0.317. The molecule has 0 amide bonds. The van der Waals surface area contributed by atoms with Crippen LogP contribution >= 0.6 is 0 Å². The average Bonchev–Trinajstić information content (AvgIpc) is 2.93. The van der Waals surface area contributed by atoms with Gasteiger partial charge in [-0.25, -0.2) is 9.38 Å². The van der Waals surface area contributed by atoms with Crippen LogP contribution in [0.1, 0.15) is 43.0 Å². The second-order valence-corrected chi connectivity index (χ2v) is 8.96. The third kappa shape index (κ3) is 4.36. The number of hydrogen-bond donors (Lipinski definition) is 1. The van der Waals surface area contributed by atoms with Crippen LogP contribution in [0.15, 0.2) is 76.8 Å². The average molecular weight is 415 g/mol. The Balaban J connectivity index is 1.77. The highest BCUT2D eigenvalue weighted by Crippen LogP contribution is 2.28. The summed E-state index contributed by atoms with van der Waals surface area (Å²) in [6.45, 7) is 6.56. The van der Waals surface area contributed by atoms with Gasteiger partial charge >= 0.3 is 0 Å². The van der Waals surface area contributed by atoms with Crippen LogP contribution in [0.4, 0.5) is 15.8 Å². The molecule has 3 aromatic carbocycles. The number of anilines is 1. The summed E-state index contributed by atoms with van der Waals surface area (Å²) in [7, 11) is 3.99. The summed E-state index contributed by atoms with van der Waals surface area (Å²) in [5.41, 5.74) is 9.33. The summed E-state index contributed by atoms with van der Waals surface area (Å²) in [6, 6.07) is 21.0. The fraction of sp³-hybridized carbons (Fsp3) is 0.231. The van der Waals surface area contributed by atoms with E-state index in [1.165, 1.54) is 17.7 Å². The second kappa shape index (κ2) is 7.99. The van der Waals surface area contributed by atoms with E-state index in [0.717, 1.165) is 16.8 Å². The van der Waals surface area contributed by atoms with Crippen LogP contribution in [0.5, 0.6) is 0 Å². The molecule has 0 bridgehead atoms. The monoisotopic (exact) mass is 414 g/mol. The van der Waals surface area contributed by atoms with E-state index in [1.54, 1.807) is 6.07 Å². The van der Waals surface area contributed by atoms with Gasteiger partial charge in [0, 0.05) is 36.5 Å². The van der Waals surface area contributed by atoms with Gasteiger partial charge in [-0.3, -0.25) is 5.43 Å². The molecule has 158 valence electrons. The van der Waals surface area contributed by atoms with E-state index >= 15 is 0 Å². The molecule has 0 unspecified atom stereocenters. The molecule has 0 radical (unpaired) electrons. The van der Waals surface area contributed by atoms with Crippen molar-refractivity contribution >= 4 is 22.9 Å². The predicted molar refractivity (Wildman–Crippen MR) is 127 cm³/mol. The number of fused-ring (bicyclic) bond motifs is 1. The van der Waals surface area contributed by atoms with Gasteiger partial charge < -0.3 is 4.90 Å². The zero-order chi connectivity index (χ0) is 22.2. The molecule has 1 N–H and O–H groups in total. The molecule has 31 heavy (non-hydrogen) atoms. The predicted octanol–water partition coefficient (Wildman–Crippen LogP) is 5.62. The van der Waals surface area contributed by atoms with Crippen molar-refractivity contribution in [3.63, 3.8) is 0 Å². The van der Waals surface area contributed by atoms with Crippen molar-refractivity contribution in [3.05, 3.63) is 94.8 Å². The topological polar surface area (TPSA) is 40.0 Å². The summed E-state index contributed by atoms with van der Waals surface area (Å²) < 4.78 is 14.1. The molecule has 0 saturated carbocycles. The largest absolute Gasteiger partial charge is 0.378 e. The first-order chi connectivity index (χ1) is 14.7. The van der Waals surface area contributed by atoms with Gasteiger partial charge in [0.15, 0.2) is 5.84 Å². The highest BCUT2D eigenvalue weighted by Gasteiger charge is 2.19. The third-order valence-corrected chi connectivity index (χ3v) is 5.40. The molecule has 0 aliphatic carbocycles. The number of hydrogen-bond acceptors (Lipinski definition) is 4. The summed E-state index contributed by atoms with van der Waals surface area (Å²) >= 11 is 0. The summed E-state index contributed by atoms with van der Waals surface area (Å²) in [4.78, 5) is 6.81. The van der Waals surface area contributed by atoms with Gasteiger partial charge in [0.1, 0.15) is 11.5 Å². The number of rotatable bonds is 3. The fourth-order valence-corrected chi connectivity index (χ4v) is 3.50. The zero-order valence-electron chi connectivity index (χ0n) is 18.6. The molecule has 5 heteroatoms. The highest BCUT2D eigenvalue weighted by molar-refractivity contribution is 6.18. The Morgan fingerprint density at radius 1 is 0.839 bits per heavy atom. The number of hydrazone groups is 1. The van der Waals surface area contributed by atoms with Crippen LogP contribution in [-0.4, -0.2) is 25.6 Å². The first-order valence-corrected chi connectivity index (χ1v) is 10.3. The molecular weight excluding hydrogens is 387 g/mol. The lowest BCUT2D eigenvalue weighted by Crippen LogP contribution is -2.20. The van der Waals surface area contributed by atoms with Crippen LogP contribution in [0.3, 0.4) is 0 Å². The van der Waals surface area contributed by atoms with Crippen LogP contribution < -0.4 is 10.3 Å². The van der Waals surface area contributed by atoms with Gasteiger partial charge in [-0.2, -0.15) is 5.10 Å². The van der Waals surface area contributed by atoms with Crippen LogP contribution in [0.2, 0.25) is 0 Å². The number of benzene rings is 3. The number of amidine groups is 1. The van der Waals surface area contributed by atoms with Gasteiger partial charge in [-0.05, 0) is 41.3 Å². The standard InChI is InChI=1S/C26H27FN4/c1-26(2,3)19-10-6-18(7-11-19)25-28-23-15-12-20(27)16-22(23)24(29-30-25)17-8-13-21(14-9-17)31(4)5/h6-16H,1-5H3,(H,28,30). The zero-order valence-corrected chi connectivity index (χ0v) is 18.6. The van der Waals surface area contributed by atoms with Crippen molar-refractivity contribution in [2.75, 3.05) is 19.0 Å². The van der Waals surface area contributed by atoms with E-state index in [1.807, 2.05) is 55.4 Å². The van der Waals surface area contributed by atoms with Gasteiger partial charge in [0.2, 0.25) is 0 Å². The molecule has 0 aromatic heterocycles. The van der Waals surface area contributed by atoms with Gasteiger partial charge in [-0.1, -0.05) is 57.2 Å². The molecule has 0 fully saturated rings. The minimum Gasteiger partial charge on any atom is -0.378 e. The fourth-order valence-electron chi connectivity index (χ4n) is 3.50. The van der Waals surface area contributed by atoms with Crippen molar-refractivity contribution < 1.29 is 4.39 Å². The van der Waals surface area contributed by atoms with E-state index in [-0.39, 0.29) is 11.2 Å². The molecule has 0 atom stereocenters. The van der Waals surface area contributed by atoms with Gasteiger partial charge in [-0.15, -0.1) is 0 Å². The maximum atomic E-state index is 14.1. The van der Waals surface area contributed by atoms with Crippen LogP contribution in [-0.2, 0) is 5.41 Å². The van der Waals surface area contributed by atoms with Crippen molar-refractivity contribution in [1.82, 2.24) is 5.43 Å². The smallest absolute Gasteiger partial charge is 0.154 e. The highest BCUT2D eigenvalue weighted by atomic mass is 19.1. The maximum Gasteiger partial charge on any atom is 0.154 e. The number of aliphatic imine (C=N–C) groups is 1. The molecule has 1 aliphatic heterocycles. The van der Waals surface area contributed by atoms with Gasteiger partial charge in [0.05, 0.1) is 5.69 Å². The maximum absolute atomic E-state index is 14.1. The van der Waals surface area contributed by atoms with Crippen LogP contribution in [0.25, 0.3) is 0 Å². The van der Waals surface area contributed by atoms with Crippen LogP contribution in [0, 0.1) is 5.82 Å². The Hall–Kier alpha value is -3.47. The first-order valence-electron chi connectivity index (χ1n) is 10.3. The van der Waals surface area contributed by atoms with Crippen molar-refractivity contribution in [2.24, 2.45) is 10.1 Å². The van der Waals surface area contributed by atoms with Crippen molar-refractivity contribution in [3.8, 4) is 0 Å². The number of nitrogens with one attached hydrogen (secondary N) is 1. The lowest BCUT2D eigenvalue weighted by Gasteiger charge is -2.19. The normalized spacial score (nSPS) is 13.5. The lowest BCUT2D eigenvalue weighted by molar-refractivity contribution is 0.590. The van der Waals surface area contributed by atoms with Crippen molar-refractivity contribution in [2.45, 2.75) is 26.2 Å². The number of halogens is 1. The summed E-state index contributed by atoms with van der Waals surface area (Å²) in [5, 5.41) is 4.64. The van der Waals surface area contributed by atoms with E-state index < -0.39 is 0 Å². The molecule has 4 nitrogen and oxygen atoms in total. The molecule has 0 spiro atoms. The third-order valence-electron chi connectivity index (χ3n) is 5.40. The molecule has 1 heterocycles. The quantitative estimate of drug-likeness (QED) is 0.604. The van der Waals surface area contributed by atoms with E-state index in [2.05, 4.69) is 43.4 Å². The Morgan fingerprint density at radius 3 is 2.10 bits per heavy atom. The molecule has 4 rings (SSSR count). The Bertz CT molecular complexity index is 1150. The Morgan fingerprint density at radius 2 is 1.48 bits per heavy atom. The summed E-state index contributed by atoms with van der Waals surface area (Å²) in [6.07, 6.45) is 0. The second-order valence-electron chi connectivity index (χ2n) is 8.96.